The lowest BCUT2D eigenvalue weighted by atomic mass is 9.81. The highest BCUT2D eigenvalue weighted by atomic mass is 16.4. The van der Waals surface area contributed by atoms with Gasteiger partial charge in [0.1, 0.15) is 0 Å². The molecule has 3 aliphatic rings. The van der Waals surface area contributed by atoms with Gasteiger partial charge in [0.15, 0.2) is 0 Å². The van der Waals surface area contributed by atoms with E-state index in [2.05, 4.69) is 44.7 Å². The van der Waals surface area contributed by atoms with Crippen molar-refractivity contribution in [1.82, 2.24) is 14.4 Å². The number of aromatic carboxylic acids is 1. The second-order valence-electron chi connectivity index (χ2n) is 11.4. The van der Waals surface area contributed by atoms with Crippen LogP contribution in [-0.4, -0.2) is 77.2 Å². The largest absolute Gasteiger partial charge is 0.478 e. The lowest BCUT2D eigenvalue weighted by molar-refractivity contribution is -0.132. The van der Waals surface area contributed by atoms with Gasteiger partial charge in [-0.15, -0.1) is 0 Å². The quantitative estimate of drug-likeness (QED) is 0.462. The van der Waals surface area contributed by atoms with Crippen LogP contribution in [-0.2, 0) is 11.3 Å². The smallest absolute Gasteiger partial charge is 0.335 e. The first-order chi connectivity index (χ1) is 19.0. The van der Waals surface area contributed by atoms with Crippen molar-refractivity contribution in [1.29, 1.82) is 0 Å². The van der Waals surface area contributed by atoms with Crippen LogP contribution in [0, 0.1) is 0 Å². The molecule has 2 aliphatic heterocycles. The minimum atomic E-state index is -0.872. The van der Waals surface area contributed by atoms with Gasteiger partial charge in [0, 0.05) is 80.9 Å². The van der Waals surface area contributed by atoms with Gasteiger partial charge >= 0.3 is 5.97 Å². The Morgan fingerprint density at radius 2 is 1.67 bits per heavy atom. The Morgan fingerprint density at radius 3 is 2.41 bits per heavy atom. The second kappa shape index (κ2) is 11.0. The number of carboxylic acids is 1. The number of rotatable bonds is 6. The van der Waals surface area contributed by atoms with Gasteiger partial charge in [-0.05, 0) is 42.5 Å². The predicted molar refractivity (Wildman–Crippen MR) is 156 cm³/mol. The number of hydrogen-bond donors (Lipinski definition) is 1. The molecule has 206 valence electrons. The van der Waals surface area contributed by atoms with E-state index in [4.69, 9.17) is 0 Å². The van der Waals surface area contributed by atoms with Crippen LogP contribution in [0.1, 0.15) is 67.3 Å². The van der Waals surface area contributed by atoms with Gasteiger partial charge in [0.2, 0.25) is 5.91 Å². The van der Waals surface area contributed by atoms with E-state index in [-0.39, 0.29) is 5.91 Å². The molecule has 7 nitrogen and oxygen atoms in total. The molecule has 3 aromatic rings. The molecule has 1 saturated carbocycles. The molecule has 7 heteroatoms. The number of para-hydroxylation sites is 1. The van der Waals surface area contributed by atoms with Crippen molar-refractivity contribution in [3.63, 3.8) is 0 Å². The van der Waals surface area contributed by atoms with E-state index in [1.165, 1.54) is 60.0 Å². The first kappa shape index (κ1) is 25.9. The van der Waals surface area contributed by atoms with Crippen molar-refractivity contribution in [3.05, 3.63) is 53.6 Å². The summed E-state index contributed by atoms with van der Waals surface area (Å²) in [6.07, 6.45) is 6.80. The van der Waals surface area contributed by atoms with Gasteiger partial charge in [-0.2, -0.15) is 0 Å². The molecule has 6 rings (SSSR count). The Bertz CT molecular complexity index is 1370. The summed E-state index contributed by atoms with van der Waals surface area (Å²) in [6, 6.07) is 14.5. The van der Waals surface area contributed by atoms with Crippen molar-refractivity contribution >= 4 is 28.5 Å². The predicted octanol–water partition coefficient (Wildman–Crippen LogP) is 5.43. The van der Waals surface area contributed by atoms with Gasteiger partial charge < -0.3 is 19.5 Å². The average Bonchev–Trinajstić information content (AvgIpc) is 3.21. The first-order valence-electron chi connectivity index (χ1n) is 14.8. The molecular formula is C32H40N4O3. The summed E-state index contributed by atoms with van der Waals surface area (Å²) in [5.41, 5.74) is 6.67. The van der Waals surface area contributed by atoms with Crippen LogP contribution in [0.5, 0.6) is 0 Å². The number of anilines is 1. The number of carbonyl (C=O) groups is 2. The van der Waals surface area contributed by atoms with Crippen LogP contribution in [0.25, 0.3) is 22.2 Å². The number of carbonyl (C=O) groups excluding carboxylic acids is 1. The van der Waals surface area contributed by atoms with E-state index in [0.29, 0.717) is 17.9 Å². The number of benzene rings is 2. The molecular weight excluding hydrogens is 488 g/mol. The van der Waals surface area contributed by atoms with E-state index in [1.54, 1.807) is 6.07 Å². The standard InChI is InChI=1S/C32H40N4O3/c1-2-29(37)35-18-15-33(16-19-35)14-17-34-20-21-36-28-22-24(32(38)39)12-13-25(28)30(23-8-4-3-5-9-23)31(36)26-10-6-7-11-27(26)34/h6-7,10-13,22-23H,2-5,8-9,14-21H2,1H3,(H,38,39). The second-order valence-corrected chi connectivity index (χ2v) is 11.4. The molecule has 2 aromatic carbocycles. The molecule has 1 aliphatic carbocycles. The summed E-state index contributed by atoms with van der Waals surface area (Å²) in [5.74, 6) is -0.108. The summed E-state index contributed by atoms with van der Waals surface area (Å²) in [4.78, 5) is 31.0. The number of hydrogen-bond acceptors (Lipinski definition) is 4. The van der Waals surface area contributed by atoms with Crippen LogP contribution in [0.2, 0.25) is 0 Å². The summed E-state index contributed by atoms with van der Waals surface area (Å²) < 4.78 is 2.42. The fourth-order valence-corrected chi connectivity index (χ4v) is 7.07. The molecule has 2 fully saturated rings. The van der Waals surface area contributed by atoms with E-state index in [0.717, 1.165) is 57.9 Å². The Labute approximate surface area is 231 Å². The molecule has 1 saturated heterocycles. The number of carboxylic acid groups (broad SMARTS) is 1. The van der Waals surface area contributed by atoms with Crippen molar-refractivity contribution in [2.45, 2.75) is 57.9 Å². The highest BCUT2D eigenvalue weighted by Gasteiger charge is 2.31. The SMILES string of the molecule is CCC(=O)N1CCN(CCN2CCn3c(c(C4CCCCC4)c4ccc(C(=O)O)cc43)-c3ccccc32)CC1. The molecule has 0 atom stereocenters. The minimum absolute atomic E-state index is 0.255. The Balaban J connectivity index is 1.34. The van der Waals surface area contributed by atoms with Crippen LogP contribution in [0.15, 0.2) is 42.5 Å². The fourth-order valence-electron chi connectivity index (χ4n) is 7.07. The monoisotopic (exact) mass is 528 g/mol. The van der Waals surface area contributed by atoms with Gasteiger partial charge in [-0.3, -0.25) is 9.69 Å². The highest BCUT2D eigenvalue weighted by molar-refractivity contribution is 5.99. The Hall–Kier alpha value is -3.32. The maximum absolute atomic E-state index is 12.1. The number of nitrogens with zero attached hydrogens (tertiary/aromatic N) is 4. The highest BCUT2D eigenvalue weighted by Crippen LogP contribution is 2.47. The maximum Gasteiger partial charge on any atom is 0.335 e. The molecule has 0 unspecified atom stereocenters. The van der Waals surface area contributed by atoms with Gasteiger partial charge in [-0.25, -0.2) is 4.79 Å². The third kappa shape index (κ3) is 4.93. The number of aromatic nitrogens is 1. The van der Waals surface area contributed by atoms with Gasteiger partial charge in [0.25, 0.3) is 0 Å². The fraction of sp³-hybridized carbons (Fsp3) is 0.500. The maximum atomic E-state index is 12.1. The van der Waals surface area contributed by atoms with Crippen molar-refractivity contribution < 1.29 is 14.7 Å². The van der Waals surface area contributed by atoms with Crippen LogP contribution in [0.3, 0.4) is 0 Å². The topological polar surface area (TPSA) is 69.0 Å². The molecule has 0 spiro atoms. The van der Waals surface area contributed by atoms with Crippen molar-refractivity contribution in [2.24, 2.45) is 0 Å². The third-order valence-corrected chi connectivity index (χ3v) is 9.17. The number of fused-ring (bicyclic) bond motifs is 5. The molecule has 1 aromatic heterocycles. The normalized spacial score (nSPS) is 18.6. The zero-order chi connectivity index (χ0) is 26.9. The molecule has 0 bridgehead atoms. The third-order valence-electron chi connectivity index (χ3n) is 9.17. The van der Waals surface area contributed by atoms with E-state index >= 15 is 0 Å². The van der Waals surface area contributed by atoms with Crippen LogP contribution >= 0.6 is 0 Å². The zero-order valence-corrected chi connectivity index (χ0v) is 23.1. The van der Waals surface area contributed by atoms with Crippen molar-refractivity contribution in [3.8, 4) is 11.3 Å². The summed E-state index contributed by atoms with van der Waals surface area (Å²) in [6.45, 7) is 9.03. The summed E-state index contributed by atoms with van der Waals surface area (Å²) >= 11 is 0. The van der Waals surface area contributed by atoms with Crippen LogP contribution < -0.4 is 4.90 Å². The minimum Gasteiger partial charge on any atom is -0.478 e. The van der Waals surface area contributed by atoms with Crippen LogP contribution in [0.4, 0.5) is 5.69 Å². The van der Waals surface area contributed by atoms with E-state index in [1.807, 2.05) is 17.9 Å². The van der Waals surface area contributed by atoms with Crippen molar-refractivity contribution in [2.75, 3.05) is 50.7 Å². The van der Waals surface area contributed by atoms with Gasteiger partial charge in [0.05, 0.1) is 11.3 Å². The molecule has 1 N–H and O–H groups in total. The summed E-state index contributed by atoms with van der Waals surface area (Å²) in [7, 11) is 0. The number of amides is 1. The molecule has 3 heterocycles. The lowest BCUT2D eigenvalue weighted by Crippen LogP contribution is -2.50. The molecule has 39 heavy (non-hydrogen) atoms. The zero-order valence-electron chi connectivity index (χ0n) is 23.1. The Morgan fingerprint density at radius 1 is 0.897 bits per heavy atom. The van der Waals surface area contributed by atoms with E-state index < -0.39 is 5.97 Å². The average molecular weight is 529 g/mol. The first-order valence-corrected chi connectivity index (χ1v) is 14.8. The van der Waals surface area contributed by atoms with E-state index in [9.17, 15) is 14.7 Å². The summed E-state index contributed by atoms with van der Waals surface area (Å²) in [5, 5.41) is 11.0. The van der Waals surface area contributed by atoms with Gasteiger partial charge in [-0.1, -0.05) is 50.5 Å². The molecule has 1 amide bonds. The Kier molecular flexibility index (Phi) is 7.34. The lowest BCUT2D eigenvalue weighted by Gasteiger charge is -2.36. The molecule has 0 radical (unpaired) electrons. The number of piperazine rings is 1.